The van der Waals surface area contributed by atoms with Crippen LogP contribution in [0, 0.1) is 6.92 Å². The maximum atomic E-state index is 12.3. The minimum Gasteiger partial charge on any atom is -0.384 e. The second-order valence-electron chi connectivity index (χ2n) is 6.15. The molecule has 0 spiro atoms. The van der Waals surface area contributed by atoms with Gasteiger partial charge in [0.15, 0.2) is 5.82 Å². The van der Waals surface area contributed by atoms with Crippen molar-refractivity contribution in [1.29, 1.82) is 0 Å². The van der Waals surface area contributed by atoms with Crippen LogP contribution in [0.4, 0.5) is 5.69 Å². The van der Waals surface area contributed by atoms with Gasteiger partial charge in [-0.05, 0) is 30.7 Å². The van der Waals surface area contributed by atoms with E-state index < -0.39 is 0 Å². The molecule has 28 heavy (non-hydrogen) atoms. The molecule has 0 bridgehead atoms. The third kappa shape index (κ3) is 4.85. The number of hydrogen-bond donors (Lipinski definition) is 1. The van der Waals surface area contributed by atoms with Crippen molar-refractivity contribution < 1.29 is 14.1 Å². The first-order valence-electron chi connectivity index (χ1n) is 8.54. The van der Waals surface area contributed by atoms with Gasteiger partial charge in [-0.3, -0.25) is 9.59 Å². The van der Waals surface area contributed by atoms with Gasteiger partial charge in [0.05, 0.1) is 12.2 Å². The van der Waals surface area contributed by atoms with Gasteiger partial charge in [0.2, 0.25) is 5.91 Å². The standard InChI is InChI=1S/C19H19ClN4O4/c1-12-3-5-14(9-15(12)20)21-17(25)11-24-10-13(4-6-18(24)26)19-22-16(23-28-19)7-8-27-2/h3-6,9-10H,7-8,11H2,1-2H3,(H,21,25). The van der Waals surface area contributed by atoms with Crippen molar-refractivity contribution in [3.05, 3.63) is 63.3 Å². The second-order valence-corrected chi connectivity index (χ2v) is 6.56. The molecular formula is C19H19ClN4O4. The van der Waals surface area contributed by atoms with Crippen LogP contribution in [0.15, 0.2) is 45.8 Å². The number of benzene rings is 1. The first-order chi connectivity index (χ1) is 13.5. The number of anilines is 1. The molecule has 0 saturated heterocycles. The number of halogens is 1. The van der Waals surface area contributed by atoms with E-state index in [1.807, 2.05) is 13.0 Å². The lowest BCUT2D eigenvalue weighted by Crippen LogP contribution is -2.26. The molecule has 1 N–H and O–H groups in total. The Hall–Kier alpha value is -2.97. The first-order valence-corrected chi connectivity index (χ1v) is 8.92. The number of nitrogens with zero attached hydrogens (tertiary/aromatic N) is 3. The number of methoxy groups -OCH3 is 1. The summed E-state index contributed by atoms with van der Waals surface area (Å²) in [7, 11) is 1.59. The summed E-state index contributed by atoms with van der Waals surface area (Å²) in [5, 5.41) is 7.15. The van der Waals surface area contributed by atoms with E-state index in [1.54, 1.807) is 25.3 Å². The van der Waals surface area contributed by atoms with Crippen LogP contribution in [0.1, 0.15) is 11.4 Å². The highest BCUT2D eigenvalue weighted by Crippen LogP contribution is 2.20. The Labute approximate surface area is 166 Å². The fraction of sp³-hybridized carbons (Fsp3) is 0.263. The fourth-order valence-electron chi connectivity index (χ4n) is 2.47. The molecule has 3 aromatic rings. The van der Waals surface area contributed by atoms with E-state index in [9.17, 15) is 9.59 Å². The molecule has 2 heterocycles. The minimum absolute atomic E-state index is 0.164. The van der Waals surface area contributed by atoms with Gasteiger partial charge in [-0.15, -0.1) is 0 Å². The highest BCUT2D eigenvalue weighted by atomic mass is 35.5. The molecule has 8 nitrogen and oxygen atoms in total. The quantitative estimate of drug-likeness (QED) is 0.652. The fourth-order valence-corrected chi connectivity index (χ4v) is 2.65. The third-order valence-electron chi connectivity index (χ3n) is 4.00. The zero-order valence-electron chi connectivity index (χ0n) is 15.4. The van der Waals surface area contributed by atoms with E-state index in [1.165, 1.54) is 16.8 Å². The lowest BCUT2D eigenvalue weighted by atomic mass is 10.2. The SMILES string of the molecule is COCCc1noc(-c2ccc(=O)n(CC(=O)Nc3ccc(C)c(Cl)c3)c2)n1. The maximum absolute atomic E-state index is 12.3. The summed E-state index contributed by atoms with van der Waals surface area (Å²) in [6.45, 7) is 2.18. The maximum Gasteiger partial charge on any atom is 0.259 e. The van der Waals surface area contributed by atoms with Gasteiger partial charge in [0, 0.05) is 36.5 Å². The first kappa shape index (κ1) is 19.8. The van der Waals surface area contributed by atoms with Gasteiger partial charge < -0.3 is 19.1 Å². The van der Waals surface area contributed by atoms with Crippen LogP contribution in [0.5, 0.6) is 0 Å². The lowest BCUT2D eigenvalue weighted by molar-refractivity contribution is -0.116. The Morgan fingerprint density at radius 3 is 2.89 bits per heavy atom. The molecule has 0 aliphatic carbocycles. The molecule has 0 aliphatic rings. The Morgan fingerprint density at radius 1 is 1.32 bits per heavy atom. The van der Waals surface area contributed by atoms with E-state index in [0.717, 1.165) is 5.56 Å². The number of ether oxygens (including phenoxy) is 1. The van der Waals surface area contributed by atoms with Crippen molar-refractivity contribution in [2.75, 3.05) is 19.0 Å². The number of aryl methyl sites for hydroxylation is 1. The van der Waals surface area contributed by atoms with Crippen LogP contribution >= 0.6 is 11.6 Å². The molecule has 0 fully saturated rings. The second kappa shape index (κ2) is 8.81. The molecule has 2 aromatic heterocycles. The Kier molecular flexibility index (Phi) is 6.23. The van der Waals surface area contributed by atoms with Gasteiger partial charge in [-0.25, -0.2) is 0 Å². The van der Waals surface area contributed by atoms with Crippen molar-refractivity contribution in [2.24, 2.45) is 0 Å². The van der Waals surface area contributed by atoms with Gasteiger partial charge in [-0.2, -0.15) is 4.98 Å². The van der Waals surface area contributed by atoms with Crippen molar-refractivity contribution in [2.45, 2.75) is 19.9 Å². The van der Waals surface area contributed by atoms with Crippen LogP contribution in [-0.4, -0.2) is 34.3 Å². The Morgan fingerprint density at radius 2 is 2.14 bits per heavy atom. The normalized spacial score (nSPS) is 10.8. The number of aromatic nitrogens is 3. The Balaban J connectivity index is 1.74. The number of carbonyl (C=O) groups is 1. The molecule has 0 saturated carbocycles. The molecule has 0 aliphatic heterocycles. The number of rotatable bonds is 7. The van der Waals surface area contributed by atoms with Gasteiger partial charge in [0.25, 0.3) is 11.4 Å². The molecule has 0 atom stereocenters. The molecule has 9 heteroatoms. The van der Waals surface area contributed by atoms with Gasteiger partial charge >= 0.3 is 0 Å². The summed E-state index contributed by atoms with van der Waals surface area (Å²) in [4.78, 5) is 28.7. The number of hydrogen-bond acceptors (Lipinski definition) is 6. The molecular weight excluding hydrogens is 384 g/mol. The lowest BCUT2D eigenvalue weighted by Gasteiger charge is -2.09. The van der Waals surface area contributed by atoms with Crippen LogP contribution in [-0.2, 0) is 22.5 Å². The molecule has 0 unspecified atom stereocenters. The van der Waals surface area contributed by atoms with Crippen molar-refractivity contribution in [1.82, 2.24) is 14.7 Å². The number of nitrogens with one attached hydrogen (secondary N) is 1. The predicted octanol–water partition coefficient (Wildman–Crippen LogP) is 2.69. The monoisotopic (exact) mass is 402 g/mol. The average Bonchev–Trinajstić information content (AvgIpc) is 3.14. The van der Waals surface area contributed by atoms with Crippen molar-refractivity contribution >= 4 is 23.2 Å². The minimum atomic E-state index is -0.356. The summed E-state index contributed by atoms with van der Waals surface area (Å²) in [5.41, 5.74) is 1.69. The molecule has 3 rings (SSSR count). The van der Waals surface area contributed by atoms with E-state index in [0.29, 0.717) is 35.1 Å². The number of pyridine rings is 1. The molecule has 146 valence electrons. The highest BCUT2D eigenvalue weighted by Gasteiger charge is 2.12. The van der Waals surface area contributed by atoms with Crippen LogP contribution < -0.4 is 10.9 Å². The Bertz CT molecular complexity index is 1040. The largest absolute Gasteiger partial charge is 0.384 e. The average molecular weight is 403 g/mol. The zero-order chi connectivity index (χ0) is 20.1. The third-order valence-corrected chi connectivity index (χ3v) is 4.41. The molecule has 1 aromatic carbocycles. The van der Waals surface area contributed by atoms with Gasteiger partial charge in [-0.1, -0.05) is 22.8 Å². The summed E-state index contributed by atoms with van der Waals surface area (Å²) in [5.74, 6) is 0.416. The topological polar surface area (TPSA) is 99.3 Å². The van der Waals surface area contributed by atoms with E-state index in [-0.39, 0.29) is 23.9 Å². The molecule has 1 amide bonds. The van der Waals surface area contributed by atoms with E-state index in [4.69, 9.17) is 20.9 Å². The summed E-state index contributed by atoms with van der Waals surface area (Å²) in [6.07, 6.45) is 2.03. The van der Waals surface area contributed by atoms with Crippen LogP contribution in [0.2, 0.25) is 5.02 Å². The van der Waals surface area contributed by atoms with E-state index in [2.05, 4.69) is 15.5 Å². The highest BCUT2D eigenvalue weighted by molar-refractivity contribution is 6.31. The summed E-state index contributed by atoms with van der Waals surface area (Å²) in [6, 6.07) is 8.14. The van der Waals surface area contributed by atoms with Crippen molar-refractivity contribution in [3.8, 4) is 11.5 Å². The van der Waals surface area contributed by atoms with Crippen LogP contribution in [0.3, 0.4) is 0 Å². The van der Waals surface area contributed by atoms with Crippen LogP contribution in [0.25, 0.3) is 11.5 Å². The summed E-state index contributed by atoms with van der Waals surface area (Å²) >= 11 is 6.07. The number of amides is 1. The molecule has 0 radical (unpaired) electrons. The zero-order valence-corrected chi connectivity index (χ0v) is 16.2. The van der Waals surface area contributed by atoms with Gasteiger partial charge in [0.1, 0.15) is 6.54 Å². The predicted molar refractivity (Wildman–Crippen MR) is 104 cm³/mol. The van der Waals surface area contributed by atoms with Crippen molar-refractivity contribution in [3.63, 3.8) is 0 Å². The smallest absolute Gasteiger partial charge is 0.259 e. The van der Waals surface area contributed by atoms with E-state index >= 15 is 0 Å². The summed E-state index contributed by atoms with van der Waals surface area (Å²) < 4.78 is 11.5. The number of carbonyl (C=O) groups excluding carboxylic acids is 1.